The van der Waals surface area contributed by atoms with Gasteiger partial charge in [0, 0.05) is 31.7 Å². The molecule has 0 aromatic heterocycles. The Labute approximate surface area is 127 Å². The van der Waals surface area contributed by atoms with Crippen LogP contribution in [0.15, 0.2) is 0 Å². The molecular formula is C15H27ClN4. The number of nitriles is 1. The minimum Gasteiger partial charge on any atom is -0.325 e. The van der Waals surface area contributed by atoms with Crippen LogP contribution in [0.5, 0.6) is 0 Å². The first-order chi connectivity index (χ1) is 9.65. The summed E-state index contributed by atoms with van der Waals surface area (Å²) in [6.07, 6.45) is 4.72. The molecule has 0 aliphatic carbocycles. The molecule has 0 aromatic rings. The number of hydrogen-bond acceptors (Lipinski definition) is 4. The molecule has 0 radical (unpaired) electrons. The number of rotatable bonds is 5. The molecule has 2 saturated heterocycles. The standard InChI is InChI=1S/C15H27ClN4/c1-2-3-4-6-19-10-13(16)15(14(18)11-19)20-7-5-12(8-17)9-20/h12-15H,2-7,9-11,18H2,1H3. The quantitative estimate of drug-likeness (QED) is 0.619. The number of alkyl halides is 1. The van der Waals surface area contributed by atoms with E-state index in [1.807, 2.05) is 0 Å². The third kappa shape index (κ3) is 3.85. The summed E-state index contributed by atoms with van der Waals surface area (Å²) in [4.78, 5) is 4.76. The van der Waals surface area contributed by atoms with Crippen molar-refractivity contribution in [3.05, 3.63) is 0 Å². The maximum absolute atomic E-state index is 9.03. The van der Waals surface area contributed by atoms with E-state index < -0.39 is 0 Å². The highest BCUT2D eigenvalue weighted by molar-refractivity contribution is 6.21. The van der Waals surface area contributed by atoms with Crippen molar-refractivity contribution in [2.24, 2.45) is 11.7 Å². The van der Waals surface area contributed by atoms with Gasteiger partial charge in [-0.3, -0.25) is 4.90 Å². The van der Waals surface area contributed by atoms with Crippen LogP contribution in [0.25, 0.3) is 0 Å². The Kier molecular flexibility index (Phi) is 6.10. The third-order valence-corrected chi connectivity index (χ3v) is 5.01. The lowest BCUT2D eigenvalue weighted by molar-refractivity contribution is 0.108. The molecule has 5 heteroatoms. The summed E-state index contributed by atoms with van der Waals surface area (Å²) in [5.41, 5.74) is 6.38. The molecule has 114 valence electrons. The Hall–Kier alpha value is -0.340. The van der Waals surface area contributed by atoms with Gasteiger partial charge >= 0.3 is 0 Å². The highest BCUT2D eigenvalue weighted by Crippen LogP contribution is 2.26. The predicted molar refractivity (Wildman–Crippen MR) is 82.7 cm³/mol. The smallest absolute Gasteiger partial charge is 0.0669 e. The maximum atomic E-state index is 9.03. The molecule has 2 fully saturated rings. The van der Waals surface area contributed by atoms with Crippen LogP contribution in [0, 0.1) is 17.2 Å². The second-order valence-electron chi connectivity index (χ2n) is 6.25. The molecule has 0 spiro atoms. The fraction of sp³-hybridized carbons (Fsp3) is 0.933. The molecular weight excluding hydrogens is 272 g/mol. The van der Waals surface area contributed by atoms with Crippen molar-refractivity contribution in [2.45, 2.75) is 50.1 Å². The normalized spacial score (nSPS) is 36.1. The molecule has 2 heterocycles. The number of hydrogen-bond donors (Lipinski definition) is 1. The van der Waals surface area contributed by atoms with Gasteiger partial charge in [0.15, 0.2) is 0 Å². The molecule has 0 amide bonds. The molecule has 2 rings (SSSR count). The van der Waals surface area contributed by atoms with Gasteiger partial charge in [-0.1, -0.05) is 19.8 Å². The van der Waals surface area contributed by atoms with Crippen molar-refractivity contribution in [3.63, 3.8) is 0 Å². The molecule has 0 aromatic carbocycles. The fourth-order valence-electron chi connectivity index (χ4n) is 3.53. The largest absolute Gasteiger partial charge is 0.325 e. The monoisotopic (exact) mass is 298 g/mol. The van der Waals surface area contributed by atoms with Crippen molar-refractivity contribution in [2.75, 3.05) is 32.7 Å². The van der Waals surface area contributed by atoms with Gasteiger partial charge in [-0.2, -0.15) is 5.26 Å². The van der Waals surface area contributed by atoms with E-state index in [1.54, 1.807) is 0 Å². The highest BCUT2D eigenvalue weighted by Gasteiger charge is 2.40. The number of piperidine rings is 1. The molecule has 4 nitrogen and oxygen atoms in total. The van der Waals surface area contributed by atoms with Crippen LogP contribution in [0.1, 0.15) is 32.6 Å². The first-order valence-corrected chi connectivity index (χ1v) is 8.35. The first kappa shape index (κ1) is 16.0. The average Bonchev–Trinajstić information content (AvgIpc) is 2.87. The second-order valence-corrected chi connectivity index (χ2v) is 6.81. The van der Waals surface area contributed by atoms with Gasteiger partial charge in [0.05, 0.1) is 17.4 Å². The van der Waals surface area contributed by atoms with E-state index in [0.29, 0.717) is 0 Å². The Balaban J connectivity index is 1.86. The van der Waals surface area contributed by atoms with Gasteiger partial charge < -0.3 is 10.6 Å². The molecule has 2 aliphatic rings. The lowest BCUT2D eigenvalue weighted by Crippen LogP contribution is -2.62. The summed E-state index contributed by atoms with van der Waals surface area (Å²) in [5.74, 6) is 0.161. The molecule has 0 saturated carbocycles. The van der Waals surface area contributed by atoms with Crippen LogP contribution in [0.4, 0.5) is 0 Å². The lowest BCUT2D eigenvalue weighted by Gasteiger charge is -2.44. The van der Waals surface area contributed by atoms with Crippen LogP contribution in [0.2, 0.25) is 0 Å². The molecule has 4 unspecified atom stereocenters. The minimum absolute atomic E-state index is 0.0813. The SMILES string of the molecule is CCCCCN1CC(N)C(N2CCC(C#N)C2)C(Cl)C1. The highest BCUT2D eigenvalue weighted by atomic mass is 35.5. The van der Waals surface area contributed by atoms with E-state index >= 15 is 0 Å². The molecule has 2 aliphatic heterocycles. The zero-order chi connectivity index (χ0) is 14.5. The molecule has 0 bridgehead atoms. The third-order valence-electron chi connectivity index (χ3n) is 4.61. The number of halogens is 1. The van der Waals surface area contributed by atoms with Crippen molar-refractivity contribution in [1.82, 2.24) is 9.80 Å². The van der Waals surface area contributed by atoms with Crippen LogP contribution < -0.4 is 5.73 Å². The lowest BCUT2D eigenvalue weighted by atomic mass is 9.97. The van der Waals surface area contributed by atoms with E-state index in [-0.39, 0.29) is 23.4 Å². The van der Waals surface area contributed by atoms with Gasteiger partial charge in [0.1, 0.15) is 0 Å². The van der Waals surface area contributed by atoms with Crippen molar-refractivity contribution >= 4 is 11.6 Å². The van der Waals surface area contributed by atoms with Gasteiger partial charge in [0.2, 0.25) is 0 Å². The second kappa shape index (κ2) is 7.61. The van der Waals surface area contributed by atoms with Gasteiger partial charge in [-0.25, -0.2) is 0 Å². The van der Waals surface area contributed by atoms with E-state index in [2.05, 4.69) is 22.8 Å². The Morgan fingerprint density at radius 3 is 2.70 bits per heavy atom. The summed E-state index contributed by atoms with van der Waals surface area (Å²) in [7, 11) is 0. The predicted octanol–water partition coefficient (Wildman–Crippen LogP) is 1.64. The van der Waals surface area contributed by atoms with E-state index in [0.717, 1.165) is 39.1 Å². The maximum Gasteiger partial charge on any atom is 0.0669 e. The summed E-state index contributed by atoms with van der Waals surface area (Å²) in [6.45, 7) is 7.01. The fourth-order valence-corrected chi connectivity index (χ4v) is 4.08. The Bertz CT molecular complexity index is 331. The number of nitrogens with two attached hydrogens (primary N) is 1. The summed E-state index contributed by atoms with van der Waals surface area (Å²) < 4.78 is 0. The van der Waals surface area contributed by atoms with Crippen LogP contribution >= 0.6 is 11.6 Å². The molecule has 4 atom stereocenters. The van der Waals surface area contributed by atoms with Gasteiger partial charge in [-0.15, -0.1) is 11.6 Å². The van der Waals surface area contributed by atoms with Crippen LogP contribution in [-0.4, -0.2) is 60.0 Å². The molecule has 2 N–H and O–H groups in total. The minimum atomic E-state index is 0.0813. The van der Waals surface area contributed by atoms with Crippen molar-refractivity contribution < 1.29 is 0 Å². The van der Waals surface area contributed by atoms with Crippen molar-refractivity contribution in [1.29, 1.82) is 5.26 Å². The van der Waals surface area contributed by atoms with Gasteiger partial charge in [-0.05, 0) is 25.9 Å². The van der Waals surface area contributed by atoms with E-state index in [9.17, 15) is 0 Å². The zero-order valence-electron chi connectivity index (χ0n) is 12.5. The summed E-state index contributed by atoms with van der Waals surface area (Å²) >= 11 is 6.61. The summed E-state index contributed by atoms with van der Waals surface area (Å²) in [6, 6.07) is 2.71. The number of nitrogens with zero attached hydrogens (tertiary/aromatic N) is 3. The topological polar surface area (TPSA) is 56.3 Å². The van der Waals surface area contributed by atoms with Crippen LogP contribution in [-0.2, 0) is 0 Å². The Morgan fingerprint density at radius 2 is 2.10 bits per heavy atom. The molecule has 20 heavy (non-hydrogen) atoms. The van der Waals surface area contributed by atoms with E-state index in [1.165, 1.54) is 19.3 Å². The first-order valence-electron chi connectivity index (χ1n) is 7.91. The van der Waals surface area contributed by atoms with Gasteiger partial charge in [0.25, 0.3) is 0 Å². The Morgan fingerprint density at radius 1 is 1.30 bits per heavy atom. The van der Waals surface area contributed by atoms with Crippen molar-refractivity contribution in [3.8, 4) is 6.07 Å². The zero-order valence-corrected chi connectivity index (χ0v) is 13.2. The average molecular weight is 299 g/mol. The van der Waals surface area contributed by atoms with E-state index in [4.69, 9.17) is 22.6 Å². The number of unbranched alkanes of at least 4 members (excludes halogenated alkanes) is 2. The number of likely N-dealkylation sites (tertiary alicyclic amines) is 2. The van der Waals surface area contributed by atoms with Crippen LogP contribution in [0.3, 0.4) is 0 Å². The summed E-state index contributed by atoms with van der Waals surface area (Å²) in [5, 5.41) is 9.11.